The quantitative estimate of drug-likeness (QED) is 0.232. The zero-order valence-corrected chi connectivity index (χ0v) is 32.1. The van der Waals surface area contributed by atoms with Gasteiger partial charge in [-0.2, -0.15) is 46.5 Å². The summed E-state index contributed by atoms with van der Waals surface area (Å²) in [7, 11) is 0. The van der Waals surface area contributed by atoms with Crippen molar-refractivity contribution in [3.05, 3.63) is 159 Å². The maximum absolute atomic E-state index is 3.54. The van der Waals surface area contributed by atoms with E-state index in [1.165, 1.54) is 107 Å². The minimum atomic E-state index is 0. The molecule has 45 heavy (non-hydrogen) atoms. The van der Waals surface area contributed by atoms with Crippen LogP contribution >= 0.6 is 0 Å². The molecule has 5 aromatic carbocycles. The molecule has 0 aromatic heterocycles. The summed E-state index contributed by atoms with van der Waals surface area (Å²) in [5, 5.41) is 0. The van der Waals surface area contributed by atoms with Crippen molar-refractivity contribution < 1.29 is 49.0 Å². The van der Waals surface area contributed by atoms with E-state index in [1.807, 2.05) is 0 Å². The van der Waals surface area contributed by atoms with Crippen LogP contribution in [-0.4, -0.2) is 3.21 Å². The van der Waals surface area contributed by atoms with Crippen LogP contribution in [0.5, 0.6) is 0 Å². The maximum atomic E-state index is 3.54. The fraction of sp³-hybridized carbons (Fsp3) is 0.286. The molecule has 0 saturated heterocycles. The van der Waals surface area contributed by atoms with Gasteiger partial charge in [-0.15, -0.1) is 11.1 Å². The Balaban J connectivity index is 0.000000234. The van der Waals surface area contributed by atoms with E-state index in [9.17, 15) is 0 Å². The van der Waals surface area contributed by atoms with Gasteiger partial charge < -0.3 is 24.8 Å². The number of benzene rings is 4. The average molecular weight is 713 g/mol. The predicted octanol–water partition coefficient (Wildman–Crippen LogP) is 4.76. The predicted molar refractivity (Wildman–Crippen MR) is 183 cm³/mol. The Morgan fingerprint density at radius 1 is 0.756 bits per heavy atom. The third kappa shape index (κ3) is 10.3. The van der Waals surface area contributed by atoms with Gasteiger partial charge in [0.15, 0.2) is 0 Å². The van der Waals surface area contributed by atoms with E-state index in [2.05, 4.69) is 159 Å². The van der Waals surface area contributed by atoms with Crippen molar-refractivity contribution in [2.24, 2.45) is 0 Å². The number of aryl methyl sites for hydroxylation is 5. The summed E-state index contributed by atoms with van der Waals surface area (Å²) in [4.78, 5) is 0. The first-order valence-electron chi connectivity index (χ1n) is 15.6. The molecule has 1 aliphatic carbocycles. The number of fused-ring (bicyclic) bond motifs is 3. The molecule has 0 radical (unpaired) electrons. The first-order valence-corrected chi connectivity index (χ1v) is 16.8. The van der Waals surface area contributed by atoms with Crippen LogP contribution in [-0.2, 0) is 42.5 Å². The van der Waals surface area contributed by atoms with Gasteiger partial charge in [-0.1, -0.05) is 77.5 Å². The van der Waals surface area contributed by atoms with E-state index in [4.69, 9.17) is 0 Å². The van der Waals surface area contributed by atoms with Crippen LogP contribution in [0.4, 0.5) is 0 Å². The molecule has 0 aliphatic heterocycles. The summed E-state index contributed by atoms with van der Waals surface area (Å²) < 4.78 is 1.42. The molecule has 0 fully saturated rings. The molecule has 0 heterocycles. The molecule has 6 rings (SSSR count). The first-order chi connectivity index (χ1) is 20.5. The third-order valence-corrected chi connectivity index (χ3v) is 9.76. The normalized spacial score (nSPS) is 11.0. The van der Waals surface area contributed by atoms with Gasteiger partial charge in [0.1, 0.15) is 0 Å². The summed E-state index contributed by atoms with van der Waals surface area (Å²) in [6.45, 7) is 17.7. The Labute approximate surface area is 300 Å². The standard InChI is InChI=1S/C17H17.C13H10.C12H19.2ClH.Zr/c1-10-5-14-9-15-6-11(2)13(4)8-17(15)16(14)7-12(10)3;1-3-7-12(8-4-1)11-13-9-5-2-6-10-13;1-5-6-10-7-8-11(9-10)12(2,3)4;;;/h5,7-8H,9H2,1-4H3;1-10H;7-9H,5-6H2,1-4H3;2*1H;/q-1;;-1;;;+2/p-2. The van der Waals surface area contributed by atoms with Crippen LogP contribution in [0.2, 0.25) is 0 Å². The number of halogens is 2. The van der Waals surface area contributed by atoms with Crippen LogP contribution in [0.1, 0.15) is 89.8 Å². The van der Waals surface area contributed by atoms with Crippen LogP contribution in [0.15, 0.2) is 97.1 Å². The molecule has 0 nitrogen and oxygen atoms in total. The molecule has 0 spiro atoms. The average Bonchev–Trinajstić information content (AvgIpc) is 3.60. The summed E-state index contributed by atoms with van der Waals surface area (Å²) in [6, 6.07) is 38.5. The van der Waals surface area contributed by atoms with Gasteiger partial charge in [0.2, 0.25) is 0 Å². The summed E-state index contributed by atoms with van der Waals surface area (Å²) in [5.41, 5.74) is 17.0. The van der Waals surface area contributed by atoms with Gasteiger partial charge in [0, 0.05) is 0 Å². The molecule has 0 N–H and O–H groups in total. The van der Waals surface area contributed by atoms with E-state index < -0.39 is 0 Å². The molecule has 1 aliphatic rings. The van der Waals surface area contributed by atoms with Crippen molar-refractivity contribution in [3.8, 4) is 11.1 Å². The molecule has 0 amide bonds. The van der Waals surface area contributed by atoms with Crippen LogP contribution < -0.4 is 24.8 Å². The van der Waals surface area contributed by atoms with Gasteiger partial charge in [0.05, 0.1) is 0 Å². The van der Waals surface area contributed by atoms with E-state index in [0.717, 1.165) is 6.42 Å². The molecule has 0 unspecified atom stereocenters. The second kappa shape index (κ2) is 17.5. The molecule has 0 saturated carbocycles. The Morgan fingerprint density at radius 2 is 1.29 bits per heavy atom. The zero-order chi connectivity index (χ0) is 31.1. The Hall–Kier alpha value is -2.44. The van der Waals surface area contributed by atoms with Crippen molar-refractivity contribution in [2.75, 3.05) is 0 Å². The Morgan fingerprint density at radius 3 is 1.80 bits per heavy atom. The first kappa shape index (κ1) is 38.7. The molecule has 0 atom stereocenters. The Bertz CT molecular complexity index is 1570. The molecule has 3 heteroatoms. The second-order valence-electron chi connectivity index (χ2n) is 12.9. The summed E-state index contributed by atoms with van der Waals surface area (Å²) in [6.07, 6.45) is 3.51. The van der Waals surface area contributed by atoms with Gasteiger partial charge >= 0.3 is 99.2 Å². The SMILES string of the molecule is CCCc1cc(C(C)(C)C)c[cH-]1.Cc1[c-]c2c(cc1C)-c1cc(C)c(C)cc1C2.[Cl-].[Cl-].[Zr+2]=[C](c1ccccc1)c1ccccc1. The second-order valence-corrected chi connectivity index (χ2v) is 14.1. The van der Waals surface area contributed by atoms with Crippen molar-refractivity contribution in [1.29, 1.82) is 0 Å². The zero-order valence-electron chi connectivity index (χ0n) is 28.1. The van der Waals surface area contributed by atoms with Crippen LogP contribution in [0.25, 0.3) is 11.1 Å². The topological polar surface area (TPSA) is 0 Å². The number of hydrogen-bond acceptors (Lipinski definition) is 0. The van der Waals surface area contributed by atoms with E-state index in [-0.39, 0.29) is 24.8 Å². The van der Waals surface area contributed by atoms with Crippen LogP contribution in [0, 0.1) is 33.8 Å². The molecular formula is C42H46Cl2Zr-2. The van der Waals surface area contributed by atoms with E-state index in [1.54, 1.807) is 0 Å². The van der Waals surface area contributed by atoms with Gasteiger partial charge in [-0.25, -0.2) is 6.07 Å². The third-order valence-electron chi connectivity index (χ3n) is 8.34. The molecule has 5 aromatic rings. The van der Waals surface area contributed by atoms with Crippen molar-refractivity contribution >= 4 is 3.21 Å². The minimum absolute atomic E-state index is 0. The fourth-order valence-electron chi connectivity index (χ4n) is 5.43. The summed E-state index contributed by atoms with van der Waals surface area (Å²) >= 11 is 1.46. The molecule has 0 bridgehead atoms. The van der Waals surface area contributed by atoms with Gasteiger partial charge in [-0.05, 0) is 37.0 Å². The number of hydrogen-bond donors (Lipinski definition) is 0. The van der Waals surface area contributed by atoms with Crippen molar-refractivity contribution in [2.45, 2.75) is 80.1 Å². The van der Waals surface area contributed by atoms with Gasteiger partial charge in [-0.3, -0.25) is 0 Å². The van der Waals surface area contributed by atoms with Gasteiger partial charge in [0.25, 0.3) is 0 Å². The summed E-state index contributed by atoms with van der Waals surface area (Å²) in [5.74, 6) is 0. The molecule has 234 valence electrons. The van der Waals surface area contributed by atoms with E-state index in [0.29, 0.717) is 5.41 Å². The number of rotatable bonds is 4. The molecular weight excluding hydrogens is 667 g/mol. The fourth-order valence-corrected chi connectivity index (χ4v) is 6.25. The van der Waals surface area contributed by atoms with Crippen molar-refractivity contribution in [3.63, 3.8) is 0 Å². The van der Waals surface area contributed by atoms with Crippen molar-refractivity contribution in [1.82, 2.24) is 0 Å². The van der Waals surface area contributed by atoms with E-state index >= 15 is 0 Å². The Kier molecular flexibility index (Phi) is 15.0. The monoisotopic (exact) mass is 710 g/mol. The van der Waals surface area contributed by atoms with Crippen LogP contribution in [0.3, 0.4) is 0 Å².